The van der Waals surface area contributed by atoms with Crippen molar-refractivity contribution in [3.05, 3.63) is 30.0 Å². The van der Waals surface area contributed by atoms with E-state index in [4.69, 9.17) is 0 Å². The Balaban J connectivity index is 2.42. The second-order valence-electron chi connectivity index (χ2n) is 4.50. The van der Waals surface area contributed by atoms with Gasteiger partial charge < -0.3 is 9.67 Å². The summed E-state index contributed by atoms with van der Waals surface area (Å²) in [6.45, 7) is 7.50. The van der Waals surface area contributed by atoms with Crippen LogP contribution in [0.1, 0.15) is 26.3 Å². The van der Waals surface area contributed by atoms with Crippen molar-refractivity contribution in [3.8, 4) is 5.75 Å². The van der Waals surface area contributed by atoms with Gasteiger partial charge in [-0.15, -0.1) is 0 Å². The highest BCUT2D eigenvalue weighted by Crippen LogP contribution is 2.29. The number of hydrogen-bond donors (Lipinski definition) is 1. The van der Waals surface area contributed by atoms with Crippen LogP contribution in [-0.4, -0.2) is 14.9 Å². The van der Waals surface area contributed by atoms with Crippen molar-refractivity contribution < 1.29 is 5.11 Å². The average molecular weight is 249 g/mol. The van der Waals surface area contributed by atoms with E-state index in [1.54, 1.807) is 6.07 Å². The molecule has 0 saturated carbocycles. The van der Waals surface area contributed by atoms with Gasteiger partial charge in [0.2, 0.25) is 0 Å². The second kappa shape index (κ2) is 5.05. The Kier molecular flexibility index (Phi) is 3.67. The molecule has 92 valence electrons. The number of aromatic hydroxyl groups is 1. The van der Waals surface area contributed by atoms with Crippen molar-refractivity contribution in [2.45, 2.75) is 38.3 Å². The Hall–Kier alpha value is -1.09. The van der Waals surface area contributed by atoms with Gasteiger partial charge in [0.1, 0.15) is 5.75 Å². The first-order valence-corrected chi connectivity index (χ1v) is 7.09. The summed E-state index contributed by atoms with van der Waals surface area (Å²) in [4.78, 5) is 0. The molecule has 17 heavy (non-hydrogen) atoms. The van der Waals surface area contributed by atoms with Crippen LogP contribution in [0.3, 0.4) is 0 Å². The number of aryl methyl sites for hydroxylation is 1. The van der Waals surface area contributed by atoms with E-state index < -0.39 is 0 Å². The third kappa shape index (κ3) is 2.60. The summed E-state index contributed by atoms with van der Waals surface area (Å²) >= 11 is 1.95. The molecule has 1 N–H and O–H groups in total. The molecule has 2 nitrogen and oxygen atoms in total. The molecule has 0 bridgehead atoms. The van der Waals surface area contributed by atoms with E-state index in [0.717, 1.165) is 17.8 Å². The highest BCUT2D eigenvalue weighted by molar-refractivity contribution is 7.99. The molecule has 2 aromatic rings. The first-order valence-electron chi connectivity index (χ1n) is 6.04. The maximum atomic E-state index is 9.56. The number of aromatic nitrogens is 1. The molecule has 0 spiro atoms. The molecular weight excluding hydrogens is 230 g/mol. The van der Waals surface area contributed by atoms with Gasteiger partial charge in [-0.05, 0) is 29.9 Å². The molecule has 0 amide bonds. The molecule has 1 aromatic carbocycles. The number of benzene rings is 1. The van der Waals surface area contributed by atoms with Crippen LogP contribution < -0.4 is 0 Å². The van der Waals surface area contributed by atoms with E-state index in [0.29, 0.717) is 11.0 Å². The van der Waals surface area contributed by atoms with E-state index in [1.807, 2.05) is 23.9 Å². The predicted octanol–water partition coefficient (Wildman–Crippen LogP) is 4.01. The topological polar surface area (TPSA) is 25.2 Å². The van der Waals surface area contributed by atoms with Crippen molar-refractivity contribution in [2.24, 2.45) is 0 Å². The van der Waals surface area contributed by atoms with Crippen LogP contribution >= 0.6 is 11.8 Å². The van der Waals surface area contributed by atoms with Gasteiger partial charge in [-0.25, -0.2) is 0 Å². The molecule has 0 aliphatic carbocycles. The lowest BCUT2D eigenvalue weighted by atomic mass is 10.2. The standard InChI is InChI=1S/C14H19NOS/c1-4-15-8-11(9-17-10(2)3)13-6-5-12(16)7-14(13)15/h5-8,10,16H,4,9H2,1-3H3. The number of nitrogens with zero attached hydrogens (tertiary/aromatic N) is 1. The molecule has 2 rings (SSSR count). The Bertz CT molecular complexity index is 516. The predicted molar refractivity (Wildman–Crippen MR) is 75.7 cm³/mol. The molecule has 0 radical (unpaired) electrons. The number of phenols is 1. The van der Waals surface area contributed by atoms with Crippen molar-refractivity contribution in [2.75, 3.05) is 0 Å². The lowest BCUT2D eigenvalue weighted by molar-refractivity contribution is 0.476. The fourth-order valence-electron chi connectivity index (χ4n) is 1.99. The summed E-state index contributed by atoms with van der Waals surface area (Å²) in [5.41, 5.74) is 2.49. The first kappa shape index (κ1) is 12.4. The summed E-state index contributed by atoms with van der Waals surface area (Å²) in [5.74, 6) is 1.37. The van der Waals surface area contributed by atoms with Gasteiger partial charge in [-0.1, -0.05) is 13.8 Å². The number of hydrogen-bond acceptors (Lipinski definition) is 2. The van der Waals surface area contributed by atoms with Crippen LogP contribution in [0, 0.1) is 0 Å². The molecule has 0 aliphatic heterocycles. The molecule has 0 saturated heterocycles. The minimum atomic E-state index is 0.341. The van der Waals surface area contributed by atoms with Gasteiger partial charge in [0.15, 0.2) is 0 Å². The molecule has 1 heterocycles. The highest BCUT2D eigenvalue weighted by atomic mass is 32.2. The van der Waals surface area contributed by atoms with E-state index in [9.17, 15) is 5.11 Å². The van der Waals surface area contributed by atoms with Crippen molar-refractivity contribution in [1.82, 2.24) is 4.57 Å². The lowest BCUT2D eigenvalue weighted by Gasteiger charge is -2.03. The Morgan fingerprint density at radius 1 is 1.35 bits per heavy atom. The summed E-state index contributed by atoms with van der Waals surface area (Å²) in [6, 6.07) is 5.64. The van der Waals surface area contributed by atoms with E-state index in [-0.39, 0.29) is 0 Å². The minimum Gasteiger partial charge on any atom is -0.508 e. The summed E-state index contributed by atoms with van der Waals surface area (Å²) in [7, 11) is 0. The van der Waals surface area contributed by atoms with Gasteiger partial charge in [-0.2, -0.15) is 11.8 Å². The van der Waals surface area contributed by atoms with E-state index in [1.165, 1.54) is 10.9 Å². The molecule has 0 atom stereocenters. The van der Waals surface area contributed by atoms with Crippen molar-refractivity contribution in [3.63, 3.8) is 0 Å². The molecule has 0 unspecified atom stereocenters. The Morgan fingerprint density at radius 2 is 2.12 bits per heavy atom. The first-order chi connectivity index (χ1) is 8.11. The van der Waals surface area contributed by atoms with Gasteiger partial charge >= 0.3 is 0 Å². The summed E-state index contributed by atoms with van der Waals surface area (Å²) in [6.07, 6.45) is 2.21. The largest absolute Gasteiger partial charge is 0.508 e. The van der Waals surface area contributed by atoms with Gasteiger partial charge in [0.25, 0.3) is 0 Å². The van der Waals surface area contributed by atoms with Gasteiger partial charge in [-0.3, -0.25) is 0 Å². The second-order valence-corrected chi connectivity index (χ2v) is 6.07. The average Bonchev–Trinajstić information content (AvgIpc) is 2.63. The van der Waals surface area contributed by atoms with Gasteiger partial charge in [0, 0.05) is 29.9 Å². The third-order valence-corrected chi connectivity index (χ3v) is 4.01. The normalized spacial score (nSPS) is 11.5. The zero-order valence-electron chi connectivity index (χ0n) is 10.6. The van der Waals surface area contributed by atoms with E-state index >= 15 is 0 Å². The molecule has 0 aliphatic rings. The Labute approximate surface area is 107 Å². The highest BCUT2D eigenvalue weighted by Gasteiger charge is 2.09. The SMILES string of the molecule is CCn1cc(CSC(C)C)c2ccc(O)cc21. The molecule has 1 aromatic heterocycles. The monoisotopic (exact) mass is 249 g/mol. The van der Waals surface area contributed by atoms with Crippen molar-refractivity contribution >= 4 is 22.7 Å². The molecular formula is C14H19NOS. The Morgan fingerprint density at radius 3 is 2.76 bits per heavy atom. The summed E-state index contributed by atoms with van der Waals surface area (Å²) in [5, 5.41) is 11.5. The van der Waals surface area contributed by atoms with Crippen LogP contribution in [0.25, 0.3) is 10.9 Å². The quantitative estimate of drug-likeness (QED) is 0.885. The van der Waals surface area contributed by atoms with Crippen LogP contribution in [0.15, 0.2) is 24.4 Å². The number of phenolic OH excluding ortho intramolecular Hbond substituents is 1. The van der Waals surface area contributed by atoms with Crippen LogP contribution in [0.5, 0.6) is 5.75 Å². The fraction of sp³-hybridized carbons (Fsp3) is 0.429. The van der Waals surface area contributed by atoms with E-state index in [2.05, 4.69) is 31.5 Å². The zero-order valence-corrected chi connectivity index (χ0v) is 11.4. The van der Waals surface area contributed by atoms with Crippen LogP contribution in [0.2, 0.25) is 0 Å². The van der Waals surface area contributed by atoms with Crippen molar-refractivity contribution in [1.29, 1.82) is 0 Å². The molecule has 0 fully saturated rings. The lowest BCUT2D eigenvalue weighted by Crippen LogP contribution is -1.90. The van der Waals surface area contributed by atoms with Crippen LogP contribution in [-0.2, 0) is 12.3 Å². The fourth-order valence-corrected chi connectivity index (χ4v) is 2.73. The van der Waals surface area contributed by atoms with Crippen LogP contribution in [0.4, 0.5) is 0 Å². The third-order valence-electron chi connectivity index (χ3n) is 2.86. The molecule has 3 heteroatoms. The smallest absolute Gasteiger partial charge is 0.117 e. The zero-order chi connectivity index (χ0) is 12.4. The number of rotatable bonds is 4. The van der Waals surface area contributed by atoms with Gasteiger partial charge in [0.05, 0.1) is 5.52 Å². The number of thioether (sulfide) groups is 1. The minimum absolute atomic E-state index is 0.341. The number of fused-ring (bicyclic) bond motifs is 1. The maximum Gasteiger partial charge on any atom is 0.117 e. The maximum absolute atomic E-state index is 9.56. The summed E-state index contributed by atoms with van der Waals surface area (Å²) < 4.78 is 2.20.